The van der Waals surface area contributed by atoms with Crippen LogP contribution in [-0.2, 0) is 4.79 Å². The zero-order valence-corrected chi connectivity index (χ0v) is 9.46. The fourth-order valence-corrected chi connectivity index (χ4v) is 2.16. The molecule has 1 atom stereocenters. The van der Waals surface area contributed by atoms with Crippen molar-refractivity contribution in [2.45, 2.75) is 45.1 Å². The molecule has 15 heavy (non-hydrogen) atoms. The molecule has 1 aliphatic carbocycles. The number of amides is 1. The number of nitrogens with one attached hydrogen (secondary N) is 1. The minimum absolute atomic E-state index is 0.0258. The van der Waals surface area contributed by atoms with Crippen molar-refractivity contribution in [3.63, 3.8) is 0 Å². The van der Waals surface area contributed by atoms with E-state index in [2.05, 4.69) is 5.32 Å². The molecule has 1 rings (SSSR count). The Bertz CT molecular complexity index is 213. The van der Waals surface area contributed by atoms with Crippen LogP contribution in [0.3, 0.4) is 0 Å². The summed E-state index contributed by atoms with van der Waals surface area (Å²) in [5.74, 6) is -0.334. The average Bonchev–Trinajstić information content (AvgIpc) is 2.27. The molecule has 1 unspecified atom stereocenters. The summed E-state index contributed by atoms with van der Waals surface area (Å²) < 4.78 is 0. The van der Waals surface area contributed by atoms with E-state index in [1.165, 1.54) is 19.3 Å². The Morgan fingerprint density at radius 1 is 1.47 bits per heavy atom. The van der Waals surface area contributed by atoms with Gasteiger partial charge in [-0.25, -0.2) is 0 Å². The maximum Gasteiger partial charge on any atom is 0.234 e. The molecule has 4 heteroatoms. The summed E-state index contributed by atoms with van der Waals surface area (Å²) in [5, 5.41) is 12.5. The average molecular weight is 214 g/mol. The molecule has 0 radical (unpaired) electrons. The van der Waals surface area contributed by atoms with E-state index in [-0.39, 0.29) is 24.0 Å². The number of nitrogens with two attached hydrogens (primary N) is 1. The molecule has 0 aromatic heterocycles. The van der Waals surface area contributed by atoms with Crippen LogP contribution in [0.15, 0.2) is 0 Å². The van der Waals surface area contributed by atoms with Crippen LogP contribution < -0.4 is 11.1 Å². The number of hydrogen-bond donors (Lipinski definition) is 3. The Labute approximate surface area is 91.2 Å². The quantitative estimate of drug-likeness (QED) is 0.620. The van der Waals surface area contributed by atoms with Gasteiger partial charge >= 0.3 is 0 Å². The number of aliphatic hydroxyl groups is 1. The van der Waals surface area contributed by atoms with Crippen molar-refractivity contribution < 1.29 is 9.90 Å². The summed E-state index contributed by atoms with van der Waals surface area (Å²) in [7, 11) is 0. The highest BCUT2D eigenvalue weighted by Crippen LogP contribution is 2.35. The minimum atomic E-state index is -0.334. The van der Waals surface area contributed by atoms with Crippen molar-refractivity contribution in [2.75, 3.05) is 13.2 Å². The van der Waals surface area contributed by atoms with Crippen molar-refractivity contribution in [2.24, 2.45) is 11.1 Å². The summed E-state index contributed by atoms with van der Waals surface area (Å²) in [5.41, 5.74) is 5.15. The van der Waals surface area contributed by atoms with Gasteiger partial charge in [0.2, 0.25) is 5.91 Å². The molecular formula is C11H22N2O2. The van der Waals surface area contributed by atoms with Crippen LogP contribution >= 0.6 is 0 Å². The van der Waals surface area contributed by atoms with Gasteiger partial charge in [0.05, 0.1) is 6.04 Å². The SMILES string of the molecule is CC(NCC1(CO)CCCCC1)C(N)=O. The third-order valence-electron chi connectivity index (χ3n) is 3.46. The van der Waals surface area contributed by atoms with Gasteiger partial charge in [-0.2, -0.15) is 0 Å². The number of carbonyl (C=O) groups is 1. The monoisotopic (exact) mass is 214 g/mol. The van der Waals surface area contributed by atoms with Crippen LogP contribution in [0, 0.1) is 5.41 Å². The first-order valence-corrected chi connectivity index (χ1v) is 5.73. The molecule has 0 bridgehead atoms. The van der Waals surface area contributed by atoms with E-state index in [0.717, 1.165) is 12.8 Å². The van der Waals surface area contributed by atoms with E-state index >= 15 is 0 Å². The first-order chi connectivity index (χ1) is 7.09. The molecule has 0 aromatic rings. The van der Waals surface area contributed by atoms with Crippen molar-refractivity contribution in [1.29, 1.82) is 0 Å². The Hall–Kier alpha value is -0.610. The number of aliphatic hydroxyl groups excluding tert-OH is 1. The first-order valence-electron chi connectivity index (χ1n) is 5.73. The second-order valence-corrected chi connectivity index (χ2v) is 4.72. The molecule has 0 aromatic carbocycles. The molecule has 0 spiro atoms. The Morgan fingerprint density at radius 3 is 2.53 bits per heavy atom. The van der Waals surface area contributed by atoms with Crippen molar-refractivity contribution >= 4 is 5.91 Å². The topological polar surface area (TPSA) is 75.3 Å². The van der Waals surface area contributed by atoms with Crippen LogP contribution in [0.5, 0.6) is 0 Å². The van der Waals surface area contributed by atoms with Gasteiger partial charge < -0.3 is 16.2 Å². The van der Waals surface area contributed by atoms with E-state index in [1.807, 2.05) is 0 Å². The molecule has 1 aliphatic rings. The second kappa shape index (κ2) is 5.47. The summed E-state index contributed by atoms with van der Waals surface area (Å²) in [6.45, 7) is 2.65. The summed E-state index contributed by atoms with van der Waals surface area (Å²) in [6, 6.07) is -0.310. The van der Waals surface area contributed by atoms with Crippen molar-refractivity contribution in [3.8, 4) is 0 Å². The predicted octanol–water partition coefficient (Wildman–Crippen LogP) is 0.393. The lowest BCUT2D eigenvalue weighted by molar-refractivity contribution is -0.119. The van der Waals surface area contributed by atoms with Crippen molar-refractivity contribution in [1.82, 2.24) is 5.32 Å². The highest BCUT2D eigenvalue weighted by Gasteiger charge is 2.31. The smallest absolute Gasteiger partial charge is 0.234 e. The third-order valence-corrected chi connectivity index (χ3v) is 3.46. The molecule has 1 saturated carbocycles. The van der Waals surface area contributed by atoms with Crippen LogP contribution in [0.2, 0.25) is 0 Å². The zero-order chi connectivity index (χ0) is 11.3. The fraction of sp³-hybridized carbons (Fsp3) is 0.909. The standard InChI is InChI=1S/C11H22N2O2/c1-9(10(12)15)13-7-11(8-14)5-3-2-4-6-11/h9,13-14H,2-8H2,1H3,(H2,12,15). The first kappa shape index (κ1) is 12.5. The van der Waals surface area contributed by atoms with E-state index < -0.39 is 0 Å². The lowest BCUT2D eigenvalue weighted by Crippen LogP contribution is -2.46. The molecule has 0 aliphatic heterocycles. The van der Waals surface area contributed by atoms with E-state index in [1.54, 1.807) is 6.92 Å². The lowest BCUT2D eigenvalue weighted by atomic mass is 9.74. The zero-order valence-electron chi connectivity index (χ0n) is 9.46. The second-order valence-electron chi connectivity index (χ2n) is 4.72. The number of rotatable bonds is 5. The predicted molar refractivity (Wildman–Crippen MR) is 59.3 cm³/mol. The maximum atomic E-state index is 10.9. The molecular weight excluding hydrogens is 192 g/mol. The fourth-order valence-electron chi connectivity index (χ4n) is 2.16. The highest BCUT2D eigenvalue weighted by molar-refractivity contribution is 5.79. The number of hydrogen-bond acceptors (Lipinski definition) is 3. The van der Waals surface area contributed by atoms with Crippen LogP contribution in [0.4, 0.5) is 0 Å². The van der Waals surface area contributed by atoms with Gasteiger partial charge in [-0.05, 0) is 19.8 Å². The van der Waals surface area contributed by atoms with Gasteiger partial charge in [0.25, 0.3) is 0 Å². The maximum absolute atomic E-state index is 10.9. The summed E-state index contributed by atoms with van der Waals surface area (Å²) >= 11 is 0. The molecule has 4 nitrogen and oxygen atoms in total. The minimum Gasteiger partial charge on any atom is -0.396 e. The van der Waals surface area contributed by atoms with E-state index in [4.69, 9.17) is 5.73 Å². The third kappa shape index (κ3) is 3.47. The molecule has 4 N–H and O–H groups in total. The Morgan fingerprint density at radius 2 is 2.07 bits per heavy atom. The van der Waals surface area contributed by atoms with Gasteiger partial charge in [-0.15, -0.1) is 0 Å². The molecule has 0 saturated heterocycles. The summed E-state index contributed by atoms with van der Waals surface area (Å²) in [6.07, 6.45) is 5.69. The van der Waals surface area contributed by atoms with Crippen molar-refractivity contribution in [3.05, 3.63) is 0 Å². The van der Waals surface area contributed by atoms with Crippen LogP contribution in [-0.4, -0.2) is 30.2 Å². The Balaban J connectivity index is 2.42. The number of primary amides is 1. The largest absolute Gasteiger partial charge is 0.396 e. The normalized spacial score (nSPS) is 22.3. The molecule has 1 amide bonds. The number of carbonyl (C=O) groups excluding carboxylic acids is 1. The lowest BCUT2D eigenvalue weighted by Gasteiger charge is -2.36. The molecule has 0 heterocycles. The molecule has 88 valence electrons. The van der Waals surface area contributed by atoms with Gasteiger partial charge in [0.1, 0.15) is 0 Å². The van der Waals surface area contributed by atoms with Gasteiger partial charge in [0.15, 0.2) is 0 Å². The van der Waals surface area contributed by atoms with Crippen LogP contribution in [0.25, 0.3) is 0 Å². The Kier molecular flexibility index (Phi) is 4.54. The van der Waals surface area contributed by atoms with Gasteiger partial charge in [-0.1, -0.05) is 19.3 Å². The van der Waals surface area contributed by atoms with Crippen LogP contribution in [0.1, 0.15) is 39.0 Å². The molecule has 1 fully saturated rings. The van der Waals surface area contributed by atoms with Gasteiger partial charge in [0, 0.05) is 18.6 Å². The highest BCUT2D eigenvalue weighted by atomic mass is 16.3. The summed E-state index contributed by atoms with van der Waals surface area (Å²) in [4.78, 5) is 10.9. The van der Waals surface area contributed by atoms with E-state index in [0.29, 0.717) is 6.54 Å². The van der Waals surface area contributed by atoms with Gasteiger partial charge in [-0.3, -0.25) is 4.79 Å². The van der Waals surface area contributed by atoms with E-state index in [9.17, 15) is 9.90 Å².